The molecule has 0 atom stereocenters. The average Bonchev–Trinajstić information content (AvgIpc) is 2.43. The van der Waals surface area contributed by atoms with E-state index in [0.29, 0.717) is 0 Å². The monoisotopic (exact) mass is 374 g/mol. The molecule has 0 aliphatic rings. The standard InChI is InChI=1S/C18H37N.Ag/c1-2-3-4-5-6-7-8-9-10-11-12-13-14-15-16-17-18-19;/h9-10H,2-8,11-19H2,1H3;/q;+1/b10-9-;. The van der Waals surface area contributed by atoms with Crippen LogP contribution < -0.4 is 5.73 Å². The molecule has 0 heterocycles. The fraction of sp³-hybridized carbons (Fsp3) is 0.889. The van der Waals surface area contributed by atoms with E-state index in [1.54, 1.807) is 0 Å². The van der Waals surface area contributed by atoms with Crippen molar-refractivity contribution in [3.8, 4) is 0 Å². The molecule has 2 N–H and O–H groups in total. The smallest absolute Gasteiger partial charge is 0.330 e. The van der Waals surface area contributed by atoms with Crippen LogP contribution in [-0.2, 0) is 22.4 Å². The minimum Gasteiger partial charge on any atom is -0.330 e. The molecule has 0 rings (SSSR count). The Morgan fingerprint density at radius 2 is 1.00 bits per heavy atom. The van der Waals surface area contributed by atoms with Gasteiger partial charge in [-0.25, -0.2) is 0 Å². The molecule has 0 amide bonds. The van der Waals surface area contributed by atoms with Crippen LogP contribution in [0, 0.1) is 0 Å². The molecule has 2 heteroatoms. The van der Waals surface area contributed by atoms with Crippen LogP contribution in [0.15, 0.2) is 12.2 Å². The number of nitrogens with two attached hydrogens (primary N) is 1. The van der Waals surface area contributed by atoms with Crippen LogP contribution in [0.4, 0.5) is 0 Å². The van der Waals surface area contributed by atoms with Crippen molar-refractivity contribution in [2.24, 2.45) is 5.73 Å². The molecule has 0 radical (unpaired) electrons. The molecule has 124 valence electrons. The minimum atomic E-state index is 0. The summed E-state index contributed by atoms with van der Waals surface area (Å²) in [5, 5.41) is 0. The summed E-state index contributed by atoms with van der Waals surface area (Å²) in [7, 11) is 0. The minimum absolute atomic E-state index is 0. The van der Waals surface area contributed by atoms with Crippen molar-refractivity contribution < 1.29 is 22.4 Å². The van der Waals surface area contributed by atoms with Crippen molar-refractivity contribution in [3.63, 3.8) is 0 Å². The summed E-state index contributed by atoms with van der Waals surface area (Å²) in [6, 6.07) is 0. The van der Waals surface area contributed by atoms with E-state index in [0.717, 1.165) is 6.54 Å². The molecule has 0 aromatic carbocycles. The molecule has 0 aromatic rings. The molecule has 0 aliphatic heterocycles. The summed E-state index contributed by atoms with van der Waals surface area (Å²) < 4.78 is 0. The Morgan fingerprint density at radius 1 is 0.600 bits per heavy atom. The van der Waals surface area contributed by atoms with Crippen LogP contribution >= 0.6 is 0 Å². The Bertz CT molecular complexity index is 180. The van der Waals surface area contributed by atoms with Gasteiger partial charge >= 0.3 is 22.4 Å². The first-order chi connectivity index (χ1) is 9.41. The third-order valence-electron chi connectivity index (χ3n) is 3.72. The normalized spacial score (nSPS) is 10.9. The zero-order valence-corrected chi connectivity index (χ0v) is 15.1. The van der Waals surface area contributed by atoms with Crippen LogP contribution in [0.25, 0.3) is 0 Å². The van der Waals surface area contributed by atoms with Gasteiger partial charge in [0.1, 0.15) is 0 Å². The van der Waals surface area contributed by atoms with Crippen molar-refractivity contribution in [1.82, 2.24) is 0 Å². The van der Waals surface area contributed by atoms with Crippen molar-refractivity contribution in [2.45, 2.75) is 96.8 Å². The SMILES string of the molecule is CCCCCCCC/C=C\CCCCCCCCN.[Ag+]. The Morgan fingerprint density at radius 3 is 1.45 bits per heavy atom. The van der Waals surface area contributed by atoms with Crippen LogP contribution in [0.5, 0.6) is 0 Å². The van der Waals surface area contributed by atoms with E-state index in [9.17, 15) is 0 Å². The van der Waals surface area contributed by atoms with E-state index in [2.05, 4.69) is 19.1 Å². The number of hydrogen-bond acceptors (Lipinski definition) is 1. The van der Waals surface area contributed by atoms with Gasteiger partial charge in [-0.05, 0) is 38.6 Å². The number of unbranched alkanes of at least 4 members (excludes halogenated alkanes) is 12. The third-order valence-corrected chi connectivity index (χ3v) is 3.72. The first-order valence-corrected chi connectivity index (χ1v) is 8.77. The van der Waals surface area contributed by atoms with Crippen LogP contribution in [-0.4, -0.2) is 6.54 Å². The van der Waals surface area contributed by atoms with Gasteiger partial charge in [0.15, 0.2) is 0 Å². The van der Waals surface area contributed by atoms with Gasteiger partial charge in [-0.1, -0.05) is 76.9 Å². The van der Waals surface area contributed by atoms with Gasteiger partial charge < -0.3 is 5.73 Å². The van der Waals surface area contributed by atoms with E-state index in [-0.39, 0.29) is 22.4 Å². The van der Waals surface area contributed by atoms with Crippen molar-refractivity contribution in [3.05, 3.63) is 12.2 Å². The zero-order chi connectivity index (χ0) is 14.0. The molecule has 1 nitrogen and oxygen atoms in total. The summed E-state index contributed by atoms with van der Waals surface area (Å²) in [4.78, 5) is 0. The Balaban J connectivity index is 0. The first-order valence-electron chi connectivity index (χ1n) is 8.77. The fourth-order valence-electron chi connectivity index (χ4n) is 2.39. The van der Waals surface area contributed by atoms with E-state index in [4.69, 9.17) is 5.73 Å². The predicted octanol–water partition coefficient (Wildman–Crippen LogP) is 5.98. The van der Waals surface area contributed by atoms with E-state index in [1.807, 2.05) is 0 Å². The molecule has 0 fully saturated rings. The summed E-state index contributed by atoms with van der Waals surface area (Å²) in [5.74, 6) is 0. The maximum Gasteiger partial charge on any atom is 1.00 e. The van der Waals surface area contributed by atoms with Gasteiger partial charge in [-0.3, -0.25) is 0 Å². The molecule has 20 heavy (non-hydrogen) atoms. The van der Waals surface area contributed by atoms with Crippen LogP contribution in [0.1, 0.15) is 96.8 Å². The molecule has 0 unspecified atom stereocenters. The summed E-state index contributed by atoms with van der Waals surface area (Å²) in [6.07, 6.45) is 23.9. The summed E-state index contributed by atoms with van der Waals surface area (Å²) in [6.45, 7) is 3.14. The van der Waals surface area contributed by atoms with Gasteiger partial charge in [0, 0.05) is 0 Å². The van der Waals surface area contributed by atoms with Gasteiger partial charge in [0.2, 0.25) is 0 Å². The van der Waals surface area contributed by atoms with Gasteiger partial charge in [-0.2, -0.15) is 0 Å². The molecule has 0 aliphatic carbocycles. The number of allylic oxidation sites excluding steroid dienone is 2. The molecule has 0 aromatic heterocycles. The number of rotatable bonds is 15. The molecular weight excluding hydrogens is 338 g/mol. The van der Waals surface area contributed by atoms with Gasteiger partial charge in [0.05, 0.1) is 0 Å². The predicted molar refractivity (Wildman–Crippen MR) is 88.5 cm³/mol. The largest absolute Gasteiger partial charge is 1.00 e. The maximum atomic E-state index is 5.47. The van der Waals surface area contributed by atoms with Gasteiger partial charge in [-0.15, -0.1) is 0 Å². The van der Waals surface area contributed by atoms with Crippen LogP contribution in [0.2, 0.25) is 0 Å². The Hall–Kier alpha value is 0.440. The summed E-state index contributed by atoms with van der Waals surface area (Å²) in [5.41, 5.74) is 5.47. The first kappa shape index (κ1) is 22.7. The van der Waals surface area contributed by atoms with Crippen LogP contribution in [0.3, 0.4) is 0 Å². The number of hydrogen-bond donors (Lipinski definition) is 1. The van der Waals surface area contributed by atoms with Crippen molar-refractivity contribution in [1.29, 1.82) is 0 Å². The average molecular weight is 375 g/mol. The fourth-order valence-corrected chi connectivity index (χ4v) is 2.39. The summed E-state index contributed by atoms with van der Waals surface area (Å²) >= 11 is 0. The second-order valence-electron chi connectivity index (χ2n) is 5.73. The second-order valence-corrected chi connectivity index (χ2v) is 5.73. The van der Waals surface area contributed by atoms with E-state index in [1.165, 1.54) is 89.9 Å². The van der Waals surface area contributed by atoms with Crippen molar-refractivity contribution in [2.75, 3.05) is 6.54 Å². The van der Waals surface area contributed by atoms with Crippen molar-refractivity contribution >= 4 is 0 Å². The van der Waals surface area contributed by atoms with E-state index < -0.39 is 0 Å². The van der Waals surface area contributed by atoms with Gasteiger partial charge in [0.25, 0.3) is 0 Å². The second kappa shape index (κ2) is 21.7. The third kappa shape index (κ3) is 20.8. The molecule has 0 saturated carbocycles. The molecular formula is C18H37AgN+. The molecule has 0 bridgehead atoms. The Labute approximate surface area is 143 Å². The van der Waals surface area contributed by atoms with E-state index >= 15 is 0 Å². The molecule has 0 spiro atoms. The Kier molecular flexibility index (Phi) is 24.7. The molecule has 0 saturated heterocycles. The quantitative estimate of drug-likeness (QED) is 0.213. The topological polar surface area (TPSA) is 26.0 Å². The maximum absolute atomic E-state index is 5.47. The zero-order valence-electron chi connectivity index (χ0n) is 13.6.